The molecule has 3 aromatic carbocycles. The third-order valence-electron chi connectivity index (χ3n) is 5.10. The Morgan fingerprint density at radius 2 is 1.59 bits per heavy atom. The molecule has 0 atom stereocenters. The van der Waals surface area contributed by atoms with Gasteiger partial charge in [0.1, 0.15) is 5.75 Å². The van der Waals surface area contributed by atoms with Crippen LogP contribution in [0, 0.1) is 0 Å². The zero-order chi connectivity index (χ0) is 22.7. The topological polar surface area (TPSA) is 82.1 Å². The van der Waals surface area contributed by atoms with Gasteiger partial charge >= 0.3 is 5.97 Å². The summed E-state index contributed by atoms with van der Waals surface area (Å²) >= 11 is 5.99. The van der Waals surface area contributed by atoms with Crippen LogP contribution in [0.5, 0.6) is 17.2 Å². The number of benzene rings is 3. The predicted molar refractivity (Wildman–Crippen MR) is 120 cm³/mol. The van der Waals surface area contributed by atoms with Gasteiger partial charge in [0.05, 0.1) is 12.7 Å². The first-order chi connectivity index (χ1) is 15.5. The molecule has 0 saturated heterocycles. The normalized spacial score (nSPS) is 12.8. The standard InChI is InChI=1S/C25H19ClO6/c1-30-19-9-4-16(5-10-19)24(27)20(12-15-2-7-18(26)8-3-15)23(25(28)29)17-6-11-21-22(13-17)32-14-31-21/h2-11,13H,12,14H2,1H3,(H,28,29)/b23-20-. The van der Waals surface area contributed by atoms with Crippen LogP contribution in [-0.2, 0) is 11.2 Å². The predicted octanol–water partition coefficient (Wildman–Crippen LogP) is 5.04. The molecule has 0 bridgehead atoms. The Morgan fingerprint density at radius 3 is 2.25 bits per heavy atom. The minimum atomic E-state index is -1.21. The first kappa shape index (κ1) is 21.5. The minimum absolute atomic E-state index is 0.0628. The number of carboxylic acid groups (broad SMARTS) is 1. The number of ketones is 1. The molecule has 0 saturated carbocycles. The molecular formula is C25H19ClO6. The number of carbonyl (C=O) groups excluding carboxylic acids is 1. The fourth-order valence-electron chi connectivity index (χ4n) is 3.48. The van der Waals surface area contributed by atoms with Crippen molar-refractivity contribution < 1.29 is 28.9 Å². The summed E-state index contributed by atoms with van der Waals surface area (Å²) in [6, 6.07) is 18.3. The van der Waals surface area contributed by atoms with Crippen LogP contribution in [0.25, 0.3) is 5.57 Å². The number of carbonyl (C=O) groups is 2. The average Bonchev–Trinajstić information content (AvgIpc) is 3.27. The molecule has 32 heavy (non-hydrogen) atoms. The maximum atomic E-state index is 13.5. The highest BCUT2D eigenvalue weighted by molar-refractivity contribution is 6.30. The third kappa shape index (κ3) is 4.45. The zero-order valence-corrected chi connectivity index (χ0v) is 17.9. The Morgan fingerprint density at radius 1 is 0.938 bits per heavy atom. The minimum Gasteiger partial charge on any atom is -0.497 e. The summed E-state index contributed by atoms with van der Waals surface area (Å²) in [5.41, 5.74) is 1.51. The van der Waals surface area contributed by atoms with Gasteiger partial charge in [0.25, 0.3) is 0 Å². The fourth-order valence-corrected chi connectivity index (χ4v) is 3.61. The van der Waals surface area contributed by atoms with E-state index in [1.807, 2.05) is 0 Å². The summed E-state index contributed by atoms with van der Waals surface area (Å²) in [5, 5.41) is 10.7. The fraction of sp³-hybridized carbons (Fsp3) is 0.120. The lowest BCUT2D eigenvalue weighted by molar-refractivity contribution is -0.130. The van der Waals surface area contributed by atoms with Crippen LogP contribution in [0.1, 0.15) is 21.5 Å². The molecule has 1 N–H and O–H groups in total. The number of methoxy groups -OCH3 is 1. The largest absolute Gasteiger partial charge is 0.497 e. The first-order valence-corrected chi connectivity index (χ1v) is 10.1. The van der Waals surface area contributed by atoms with Crippen LogP contribution in [-0.4, -0.2) is 30.8 Å². The molecule has 0 fully saturated rings. The quantitative estimate of drug-likeness (QED) is 0.401. The molecule has 1 heterocycles. The van der Waals surface area contributed by atoms with Crippen molar-refractivity contribution in [2.75, 3.05) is 13.9 Å². The van der Waals surface area contributed by atoms with Crippen molar-refractivity contribution in [1.29, 1.82) is 0 Å². The number of Topliss-reactive ketones (excluding diaryl/α,β-unsaturated/α-hetero) is 1. The van der Waals surface area contributed by atoms with Crippen LogP contribution >= 0.6 is 11.6 Å². The molecule has 0 radical (unpaired) electrons. The summed E-state index contributed by atoms with van der Waals surface area (Å²) in [6.45, 7) is 0.0628. The number of ether oxygens (including phenoxy) is 3. The molecule has 0 aliphatic carbocycles. The van der Waals surface area contributed by atoms with Gasteiger partial charge in [-0.25, -0.2) is 4.79 Å². The second-order valence-corrected chi connectivity index (χ2v) is 7.52. The van der Waals surface area contributed by atoms with E-state index in [1.54, 1.807) is 66.7 Å². The highest BCUT2D eigenvalue weighted by Crippen LogP contribution is 2.36. The number of fused-ring (bicyclic) bond motifs is 1. The summed E-state index contributed by atoms with van der Waals surface area (Å²) in [6.07, 6.45) is 0.109. The van der Waals surface area contributed by atoms with Crippen LogP contribution in [0.15, 0.2) is 72.3 Å². The molecule has 1 aliphatic heterocycles. The van der Waals surface area contributed by atoms with Gasteiger partial charge in [0.15, 0.2) is 17.3 Å². The maximum absolute atomic E-state index is 13.5. The van der Waals surface area contributed by atoms with E-state index >= 15 is 0 Å². The number of rotatable bonds is 7. The van der Waals surface area contributed by atoms with Crippen molar-refractivity contribution in [2.45, 2.75) is 6.42 Å². The molecule has 7 heteroatoms. The molecule has 162 valence electrons. The summed E-state index contributed by atoms with van der Waals surface area (Å²) < 4.78 is 15.9. The van der Waals surface area contributed by atoms with Gasteiger partial charge in [-0.3, -0.25) is 4.79 Å². The van der Waals surface area contributed by atoms with Gasteiger partial charge in [-0.2, -0.15) is 0 Å². The Bertz CT molecular complexity index is 1200. The second kappa shape index (κ2) is 9.16. The molecule has 0 aromatic heterocycles. The smallest absolute Gasteiger partial charge is 0.336 e. The lowest BCUT2D eigenvalue weighted by atomic mass is 9.89. The molecule has 0 spiro atoms. The van der Waals surface area contributed by atoms with Gasteiger partial charge in [0, 0.05) is 22.6 Å². The van der Waals surface area contributed by atoms with Gasteiger partial charge in [-0.15, -0.1) is 0 Å². The monoisotopic (exact) mass is 450 g/mol. The van der Waals surface area contributed by atoms with Crippen LogP contribution in [0.4, 0.5) is 0 Å². The van der Waals surface area contributed by atoms with Crippen molar-refractivity contribution in [3.05, 3.63) is 94.0 Å². The van der Waals surface area contributed by atoms with E-state index in [9.17, 15) is 14.7 Å². The second-order valence-electron chi connectivity index (χ2n) is 7.09. The van der Waals surface area contributed by atoms with Gasteiger partial charge in [-0.05, 0) is 59.7 Å². The molecule has 3 aromatic rings. The third-order valence-corrected chi connectivity index (χ3v) is 5.35. The highest BCUT2D eigenvalue weighted by Gasteiger charge is 2.25. The SMILES string of the molecule is COc1ccc(C(=O)/C(Cc2ccc(Cl)cc2)=C(\C(=O)O)c2ccc3c(c2)OCO3)cc1. The molecule has 1 aliphatic rings. The van der Waals surface area contributed by atoms with Gasteiger partial charge in [-0.1, -0.05) is 29.8 Å². The molecule has 0 unspecified atom stereocenters. The van der Waals surface area contributed by atoms with Crippen LogP contribution in [0.3, 0.4) is 0 Å². The lowest BCUT2D eigenvalue weighted by Gasteiger charge is -2.14. The van der Waals surface area contributed by atoms with Crippen molar-refractivity contribution in [1.82, 2.24) is 0 Å². The van der Waals surface area contributed by atoms with E-state index in [-0.39, 0.29) is 24.4 Å². The number of hydrogen-bond acceptors (Lipinski definition) is 5. The molecule has 6 nitrogen and oxygen atoms in total. The van der Waals surface area contributed by atoms with Crippen LogP contribution < -0.4 is 14.2 Å². The summed E-state index contributed by atoms with van der Waals surface area (Å²) in [4.78, 5) is 25.9. The Hall–Kier alpha value is -3.77. The molecule has 0 amide bonds. The average molecular weight is 451 g/mol. The van der Waals surface area contributed by atoms with Crippen LogP contribution in [0.2, 0.25) is 5.02 Å². The Balaban J connectivity index is 1.85. The molecule has 4 rings (SSSR count). The first-order valence-electron chi connectivity index (χ1n) is 9.76. The van der Waals surface area contributed by atoms with E-state index in [2.05, 4.69) is 0 Å². The maximum Gasteiger partial charge on any atom is 0.336 e. The van der Waals surface area contributed by atoms with Crippen molar-refractivity contribution in [2.24, 2.45) is 0 Å². The number of hydrogen-bond donors (Lipinski definition) is 1. The Kier molecular flexibility index (Phi) is 6.14. The zero-order valence-electron chi connectivity index (χ0n) is 17.1. The number of carboxylic acids is 1. The van der Waals surface area contributed by atoms with E-state index in [0.717, 1.165) is 5.56 Å². The lowest BCUT2D eigenvalue weighted by Crippen LogP contribution is -2.14. The van der Waals surface area contributed by atoms with Crippen molar-refractivity contribution >= 4 is 28.9 Å². The van der Waals surface area contributed by atoms with Crippen molar-refractivity contribution in [3.8, 4) is 17.2 Å². The number of aliphatic carboxylic acids is 1. The van der Waals surface area contributed by atoms with E-state index in [4.69, 9.17) is 25.8 Å². The van der Waals surface area contributed by atoms with Crippen molar-refractivity contribution in [3.63, 3.8) is 0 Å². The van der Waals surface area contributed by atoms with Gasteiger partial charge in [0.2, 0.25) is 6.79 Å². The Labute approximate surface area is 189 Å². The number of allylic oxidation sites excluding steroid dienone is 1. The summed E-state index contributed by atoms with van der Waals surface area (Å²) in [5.74, 6) is -0.0467. The van der Waals surface area contributed by atoms with Gasteiger partial charge < -0.3 is 19.3 Å². The molecular weight excluding hydrogens is 432 g/mol. The van der Waals surface area contributed by atoms with E-state index < -0.39 is 11.8 Å². The number of halogens is 1. The van der Waals surface area contributed by atoms with E-state index in [1.165, 1.54) is 7.11 Å². The van der Waals surface area contributed by atoms with E-state index in [0.29, 0.717) is 33.4 Å². The summed E-state index contributed by atoms with van der Waals surface area (Å²) in [7, 11) is 1.53. The highest BCUT2D eigenvalue weighted by atomic mass is 35.5.